The smallest absolute Gasteiger partial charge is 0.322 e. The summed E-state index contributed by atoms with van der Waals surface area (Å²) in [7, 11) is 0. The third-order valence-corrected chi connectivity index (χ3v) is 4.36. The molecule has 0 atom stereocenters. The predicted molar refractivity (Wildman–Crippen MR) is 111 cm³/mol. The first-order valence-electron chi connectivity index (χ1n) is 9.14. The number of allylic oxidation sites excluding steroid dienone is 1. The van der Waals surface area contributed by atoms with Gasteiger partial charge in [0.25, 0.3) is 5.91 Å². The van der Waals surface area contributed by atoms with Crippen LogP contribution >= 0.6 is 0 Å². The molecule has 0 aliphatic rings. The predicted octanol–water partition coefficient (Wildman–Crippen LogP) is 5.20. The molecule has 0 unspecified atom stereocenters. The number of aromatic nitrogens is 2. The second-order valence-corrected chi connectivity index (χ2v) is 6.49. The number of alkyl halides is 3. The van der Waals surface area contributed by atoms with Crippen LogP contribution in [0.4, 0.5) is 18.9 Å². The average molecular weight is 412 g/mol. The maximum atomic E-state index is 12.6. The van der Waals surface area contributed by atoms with Gasteiger partial charge in [0.1, 0.15) is 12.9 Å². The Morgan fingerprint density at radius 3 is 2.63 bits per heavy atom. The molecule has 0 aliphatic heterocycles. The maximum absolute atomic E-state index is 12.6. The summed E-state index contributed by atoms with van der Waals surface area (Å²) in [4.78, 5) is 24.7. The van der Waals surface area contributed by atoms with Crippen LogP contribution in [-0.2, 0) is 4.79 Å². The van der Waals surface area contributed by atoms with Crippen LogP contribution in [0.1, 0.15) is 13.8 Å². The number of anilines is 1. The largest absolute Gasteiger partial charge is 0.407 e. The fourth-order valence-electron chi connectivity index (χ4n) is 2.98. The van der Waals surface area contributed by atoms with Gasteiger partial charge in [0.05, 0.1) is 16.8 Å². The van der Waals surface area contributed by atoms with E-state index < -0.39 is 18.6 Å². The number of para-hydroxylation sites is 1. The molecular formula is C22H19F3N4O. The van der Waals surface area contributed by atoms with Gasteiger partial charge in [-0.3, -0.25) is 9.79 Å². The standard InChI is InChI=1S/C22H19F3N4O/c1-3-17(14(2)26-12-22(23,24)25)21(30)29-16-8-6-7-15(11-16)20-18-9-4-5-10-19(18)27-13-28-20/h3-11,13H,12H2,1-2H3,(H,29,30)/b17-3+,26-14?. The molecule has 0 bridgehead atoms. The second kappa shape index (κ2) is 8.86. The van der Waals surface area contributed by atoms with Crippen molar-refractivity contribution in [3.8, 4) is 11.3 Å². The van der Waals surface area contributed by atoms with Crippen molar-refractivity contribution in [1.82, 2.24) is 9.97 Å². The molecule has 0 radical (unpaired) electrons. The monoisotopic (exact) mass is 412 g/mol. The highest BCUT2D eigenvalue weighted by atomic mass is 19.4. The lowest BCUT2D eigenvalue weighted by molar-refractivity contribution is -0.118. The minimum absolute atomic E-state index is 0.0188. The molecule has 3 rings (SSSR count). The van der Waals surface area contributed by atoms with Gasteiger partial charge in [0.2, 0.25) is 0 Å². The number of halogens is 3. The van der Waals surface area contributed by atoms with Crippen LogP contribution in [0.25, 0.3) is 22.2 Å². The summed E-state index contributed by atoms with van der Waals surface area (Å²) in [5.41, 5.74) is 2.87. The third-order valence-electron chi connectivity index (χ3n) is 4.36. The van der Waals surface area contributed by atoms with E-state index in [9.17, 15) is 18.0 Å². The van der Waals surface area contributed by atoms with Crippen LogP contribution in [-0.4, -0.2) is 34.3 Å². The number of fused-ring (bicyclic) bond motifs is 1. The summed E-state index contributed by atoms with van der Waals surface area (Å²) in [5, 5.41) is 3.58. The molecule has 1 heterocycles. The number of rotatable bonds is 5. The topological polar surface area (TPSA) is 67.2 Å². The van der Waals surface area contributed by atoms with E-state index in [0.717, 1.165) is 16.5 Å². The molecule has 0 spiro atoms. The van der Waals surface area contributed by atoms with Gasteiger partial charge in [-0.2, -0.15) is 13.2 Å². The molecule has 3 aromatic rings. The summed E-state index contributed by atoms with van der Waals surface area (Å²) < 4.78 is 37.2. The average Bonchev–Trinajstić information content (AvgIpc) is 2.72. The molecule has 1 N–H and O–H groups in total. The first-order chi connectivity index (χ1) is 14.3. The summed E-state index contributed by atoms with van der Waals surface area (Å²) in [6.07, 6.45) is -1.52. The maximum Gasteiger partial charge on any atom is 0.407 e. The number of aliphatic imine (C=N–C) groups is 1. The van der Waals surface area contributed by atoms with Gasteiger partial charge in [-0.25, -0.2) is 9.97 Å². The van der Waals surface area contributed by atoms with E-state index in [1.165, 1.54) is 19.3 Å². The summed E-state index contributed by atoms with van der Waals surface area (Å²) in [6.45, 7) is 1.62. The normalized spacial score (nSPS) is 12.8. The van der Waals surface area contributed by atoms with Gasteiger partial charge < -0.3 is 5.32 Å². The van der Waals surface area contributed by atoms with Crippen molar-refractivity contribution in [2.75, 3.05) is 11.9 Å². The lowest BCUT2D eigenvalue weighted by atomic mass is 10.1. The van der Waals surface area contributed by atoms with Gasteiger partial charge in [0.15, 0.2) is 0 Å². The SMILES string of the molecule is C/C=C(/C(=O)Nc1cccc(-c2ncnc3ccccc23)c1)C(C)=NCC(F)(F)F. The molecule has 0 aliphatic carbocycles. The van der Waals surface area contributed by atoms with E-state index in [-0.39, 0.29) is 11.3 Å². The Kier molecular flexibility index (Phi) is 6.25. The number of hydrogen-bond donors (Lipinski definition) is 1. The van der Waals surface area contributed by atoms with E-state index in [1.54, 1.807) is 25.1 Å². The number of nitrogens with zero attached hydrogens (tertiary/aromatic N) is 3. The second-order valence-electron chi connectivity index (χ2n) is 6.49. The van der Waals surface area contributed by atoms with Gasteiger partial charge >= 0.3 is 6.18 Å². The fraction of sp³-hybridized carbons (Fsp3) is 0.182. The number of benzene rings is 2. The van der Waals surface area contributed by atoms with Crippen molar-refractivity contribution in [2.45, 2.75) is 20.0 Å². The van der Waals surface area contributed by atoms with Crippen LogP contribution < -0.4 is 5.32 Å². The quantitative estimate of drug-likeness (QED) is 0.462. The highest BCUT2D eigenvalue weighted by Gasteiger charge is 2.27. The lowest BCUT2D eigenvalue weighted by Gasteiger charge is -2.11. The molecule has 0 saturated heterocycles. The zero-order valence-electron chi connectivity index (χ0n) is 16.4. The van der Waals surface area contributed by atoms with Crippen LogP contribution in [0.3, 0.4) is 0 Å². The van der Waals surface area contributed by atoms with E-state index in [2.05, 4.69) is 20.3 Å². The number of amides is 1. The molecule has 5 nitrogen and oxygen atoms in total. The Balaban J connectivity index is 1.85. The Labute approximate surface area is 171 Å². The molecule has 0 saturated carbocycles. The van der Waals surface area contributed by atoms with Crippen molar-refractivity contribution in [3.63, 3.8) is 0 Å². The first kappa shape index (κ1) is 21.2. The van der Waals surface area contributed by atoms with Crippen LogP contribution in [0.15, 0.2) is 71.5 Å². The molecule has 8 heteroatoms. The molecule has 154 valence electrons. The Hall–Kier alpha value is -3.55. The zero-order valence-corrected chi connectivity index (χ0v) is 16.4. The molecule has 1 amide bonds. The Morgan fingerprint density at radius 2 is 1.90 bits per heavy atom. The van der Waals surface area contributed by atoms with Gasteiger partial charge in [0, 0.05) is 22.3 Å². The zero-order chi connectivity index (χ0) is 21.7. The highest BCUT2D eigenvalue weighted by molar-refractivity contribution is 6.24. The van der Waals surface area contributed by atoms with Crippen molar-refractivity contribution in [2.24, 2.45) is 4.99 Å². The van der Waals surface area contributed by atoms with Gasteiger partial charge in [-0.05, 0) is 32.0 Å². The van der Waals surface area contributed by atoms with Crippen molar-refractivity contribution < 1.29 is 18.0 Å². The first-order valence-corrected chi connectivity index (χ1v) is 9.14. The highest BCUT2D eigenvalue weighted by Crippen LogP contribution is 2.27. The van der Waals surface area contributed by atoms with Crippen LogP contribution in [0, 0.1) is 0 Å². The van der Waals surface area contributed by atoms with Crippen molar-refractivity contribution in [3.05, 3.63) is 66.5 Å². The minimum atomic E-state index is -4.43. The van der Waals surface area contributed by atoms with Crippen LogP contribution in [0.2, 0.25) is 0 Å². The minimum Gasteiger partial charge on any atom is -0.322 e. The van der Waals surface area contributed by atoms with E-state index in [1.807, 2.05) is 30.3 Å². The Bertz CT molecular complexity index is 1130. The molecule has 1 aromatic heterocycles. The van der Waals surface area contributed by atoms with Gasteiger partial charge in [-0.1, -0.05) is 36.4 Å². The van der Waals surface area contributed by atoms with Crippen molar-refractivity contribution in [1.29, 1.82) is 0 Å². The van der Waals surface area contributed by atoms with Crippen molar-refractivity contribution >= 4 is 28.2 Å². The number of carbonyl (C=O) groups excluding carboxylic acids is 1. The third kappa shape index (κ3) is 5.08. The van der Waals surface area contributed by atoms with Gasteiger partial charge in [-0.15, -0.1) is 0 Å². The Morgan fingerprint density at radius 1 is 1.13 bits per heavy atom. The summed E-state index contributed by atoms with van der Waals surface area (Å²) >= 11 is 0. The molecular weight excluding hydrogens is 393 g/mol. The fourth-order valence-corrected chi connectivity index (χ4v) is 2.98. The lowest BCUT2D eigenvalue weighted by Crippen LogP contribution is -2.21. The van der Waals surface area contributed by atoms with E-state index in [4.69, 9.17) is 0 Å². The van der Waals surface area contributed by atoms with Crippen LogP contribution in [0.5, 0.6) is 0 Å². The molecule has 0 fully saturated rings. The number of nitrogens with one attached hydrogen (secondary N) is 1. The summed E-state index contributed by atoms with van der Waals surface area (Å²) in [6, 6.07) is 14.6. The number of carbonyl (C=O) groups is 1. The molecule has 2 aromatic carbocycles. The van der Waals surface area contributed by atoms with E-state index >= 15 is 0 Å². The number of hydrogen-bond acceptors (Lipinski definition) is 4. The summed E-state index contributed by atoms with van der Waals surface area (Å²) in [5.74, 6) is -0.536. The molecule has 30 heavy (non-hydrogen) atoms. The van der Waals surface area contributed by atoms with E-state index in [0.29, 0.717) is 11.4 Å².